The van der Waals surface area contributed by atoms with Crippen molar-refractivity contribution in [2.45, 2.75) is 59.7 Å². The molecule has 3 heterocycles. The Kier molecular flexibility index (Phi) is 6.80. The van der Waals surface area contributed by atoms with Gasteiger partial charge in [-0.25, -0.2) is 4.68 Å². The second kappa shape index (κ2) is 9.96. The van der Waals surface area contributed by atoms with E-state index >= 15 is 0 Å². The Hall–Kier alpha value is -3.98. The fraction of sp³-hybridized carbons (Fsp3) is 0.400. The van der Waals surface area contributed by atoms with Gasteiger partial charge in [-0.2, -0.15) is 0 Å². The molecule has 0 radical (unpaired) electrons. The van der Waals surface area contributed by atoms with E-state index in [0.29, 0.717) is 25.4 Å². The summed E-state index contributed by atoms with van der Waals surface area (Å²) in [6.45, 7) is 11.5. The third-order valence-corrected chi connectivity index (χ3v) is 7.95. The van der Waals surface area contributed by atoms with Crippen LogP contribution in [0, 0.1) is 19.3 Å². The van der Waals surface area contributed by atoms with Crippen LogP contribution in [0.4, 0.5) is 0 Å². The molecule has 0 saturated carbocycles. The average molecular weight is 530 g/mol. The maximum absolute atomic E-state index is 12.6. The van der Waals surface area contributed by atoms with Crippen LogP contribution in [0.3, 0.4) is 0 Å². The SMILES string of the molecule is Cc1ccc(C(c2ccc3c(nnn3C)c2C)C(C)(C)C(=O)O)cc1CN1Cc2[nH]c(=O)ccc2O[C@H](C)C1. The molecule has 1 aliphatic heterocycles. The molecule has 0 spiro atoms. The number of benzene rings is 2. The number of carboxylic acids is 1. The van der Waals surface area contributed by atoms with Crippen LogP contribution in [0.25, 0.3) is 11.0 Å². The number of aromatic amines is 1. The summed E-state index contributed by atoms with van der Waals surface area (Å²) < 4.78 is 7.79. The van der Waals surface area contributed by atoms with E-state index in [9.17, 15) is 14.7 Å². The first-order valence-corrected chi connectivity index (χ1v) is 13.2. The van der Waals surface area contributed by atoms with Gasteiger partial charge in [0.05, 0.1) is 16.6 Å². The van der Waals surface area contributed by atoms with Gasteiger partial charge in [-0.15, -0.1) is 5.10 Å². The number of fused-ring (bicyclic) bond motifs is 2. The van der Waals surface area contributed by atoms with E-state index in [4.69, 9.17) is 4.74 Å². The van der Waals surface area contributed by atoms with E-state index in [-0.39, 0.29) is 11.7 Å². The van der Waals surface area contributed by atoms with Crippen molar-refractivity contribution in [1.82, 2.24) is 24.9 Å². The van der Waals surface area contributed by atoms with Crippen LogP contribution in [-0.2, 0) is 24.9 Å². The van der Waals surface area contributed by atoms with Crippen LogP contribution in [0.2, 0.25) is 0 Å². The number of carboxylic acid groups (broad SMARTS) is 1. The highest BCUT2D eigenvalue weighted by atomic mass is 16.5. The molecule has 204 valence electrons. The van der Waals surface area contributed by atoms with Crippen LogP contribution in [0.15, 0.2) is 47.3 Å². The standard InChI is InChI=1S/C30H35N5O4/c1-17-7-8-20(13-21(17)15-35-14-18(2)39-25-11-12-26(36)31-23(25)16-35)27(30(4,5)29(37)38)22-9-10-24-28(19(22)3)32-33-34(24)6/h7-13,18,27H,14-16H2,1-6H3,(H,31,36)(H,37,38)/t18-,27?/m1/s1. The first-order chi connectivity index (χ1) is 18.5. The highest BCUT2D eigenvalue weighted by Gasteiger charge is 2.40. The zero-order valence-corrected chi connectivity index (χ0v) is 23.3. The number of aromatic nitrogens is 4. The Bertz CT molecular complexity index is 1620. The lowest BCUT2D eigenvalue weighted by Crippen LogP contribution is -2.33. The minimum Gasteiger partial charge on any atom is -0.488 e. The molecule has 9 nitrogen and oxygen atoms in total. The Morgan fingerprint density at radius 2 is 1.97 bits per heavy atom. The van der Waals surface area contributed by atoms with E-state index in [1.807, 2.05) is 39.1 Å². The number of aryl methyl sites for hydroxylation is 3. The van der Waals surface area contributed by atoms with Crippen molar-refractivity contribution >= 4 is 17.0 Å². The number of nitrogens with zero attached hydrogens (tertiary/aromatic N) is 4. The molecule has 2 aromatic carbocycles. The quantitative estimate of drug-likeness (QED) is 0.383. The molecule has 39 heavy (non-hydrogen) atoms. The molecular formula is C30H35N5O4. The largest absolute Gasteiger partial charge is 0.488 e. The fourth-order valence-corrected chi connectivity index (χ4v) is 5.71. The number of hydrogen-bond acceptors (Lipinski definition) is 6. The molecule has 0 amide bonds. The third kappa shape index (κ3) is 4.94. The zero-order valence-electron chi connectivity index (χ0n) is 23.3. The first kappa shape index (κ1) is 26.6. The lowest BCUT2D eigenvalue weighted by molar-refractivity contribution is -0.147. The molecule has 0 aliphatic carbocycles. The lowest BCUT2D eigenvalue weighted by Gasteiger charge is -2.33. The molecule has 1 aliphatic rings. The van der Waals surface area contributed by atoms with Crippen molar-refractivity contribution in [2.24, 2.45) is 12.5 Å². The summed E-state index contributed by atoms with van der Waals surface area (Å²) in [5.74, 6) is -0.579. The van der Waals surface area contributed by atoms with Crippen molar-refractivity contribution in [3.63, 3.8) is 0 Å². The Morgan fingerprint density at radius 3 is 2.72 bits per heavy atom. The Morgan fingerprint density at radius 1 is 1.21 bits per heavy atom. The van der Waals surface area contributed by atoms with E-state index in [1.165, 1.54) is 6.07 Å². The third-order valence-electron chi connectivity index (χ3n) is 7.95. The number of ether oxygens (including phenoxy) is 1. The second-order valence-corrected chi connectivity index (χ2v) is 11.3. The number of nitrogens with one attached hydrogen (secondary N) is 1. The van der Waals surface area contributed by atoms with E-state index in [2.05, 4.69) is 39.3 Å². The number of pyridine rings is 1. The minimum atomic E-state index is -1.09. The molecule has 2 aromatic heterocycles. The molecule has 2 atom stereocenters. The summed E-state index contributed by atoms with van der Waals surface area (Å²) in [5, 5.41) is 18.8. The van der Waals surface area contributed by atoms with Crippen LogP contribution in [0.1, 0.15) is 60.2 Å². The van der Waals surface area contributed by atoms with Gasteiger partial charge in [0, 0.05) is 38.7 Å². The highest BCUT2D eigenvalue weighted by Crippen LogP contribution is 2.44. The summed E-state index contributed by atoms with van der Waals surface area (Å²) in [6, 6.07) is 13.4. The summed E-state index contributed by atoms with van der Waals surface area (Å²) in [4.78, 5) is 29.8. The summed E-state index contributed by atoms with van der Waals surface area (Å²) in [6.07, 6.45) is -0.0549. The van der Waals surface area contributed by atoms with Gasteiger partial charge in [-0.05, 0) is 74.6 Å². The number of hydrogen-bond donors (Lipinski definition) is 2. The normalized spacial score (nSPS) is 16.9. The monoisotopic (exact) mass is 529 g/mol. The van der Waals surface area contributed by atoms with Gasteiger partial charge in [0.2, 0.25) is 5.56 Å². The minimum absolute atomic E-state index is 0.0549. The maximum atomic E-state index is 12.6. The number of rotatable bonds is 6. The number of H-pyrrole nitrogens is 1. The van der Waals surface area contributed by atoms with Crippen molar-refractivity contribution < 1.29 is 14.6 Å². The molecule has 2 N–H and O–H groups in total. The van der Waals surface area contributed by atoms with Gasteiger partial charge in [0.25, 0.3) is 0 Å². The average Bonchev–Trinajstić information content (AvgIpc) is 3.17. The molecule has 0 saturated heterocycles. The van der Waals surface area contributed by atoms with Crippen molar-refractivity contribution in [3.05, 3.63) is 86.3 Å². The predicted molar refractivity (Wildman–Crippen MR) is 149 cm³/mol. The first-order valence-electron chi connectivity index (χ1n) is 13.2. The summed E-state index contributed by atoms with van der Waals surface area (Å²) in [7, 11) is 1.85. The smallest absolute Gasteiger partial charge is 0.310 e. The topological polar surface area (TPSA) is 113 Å². The molecule has 0 fully saturated rings. The predicted octanol–water partition coefficient (Wildman–Crippen LogP) is 4.30. The van der Waals surface area contributed by atoms with E-state index in [0.717, 1.165) is 44.5 Å². The Labute approximate surface area is 227 Å². The fourth-order valence-electron chi connectivity index (χ4n) is 5.71. The second-order valence-electron chi connectivity index (χ2n) is 11.3. The van der Waals surface area contributed by atoms with Gasteiger partial charge in [-0.1, -0.05) is 29.5 Å². The molecule has 1 unspecified atom stereocenters. The molecular weight excluding hydrogens is 494 g/mol. The van der Waals surface area contributed by atoms with Gasteiger partial charge in [0.15, 0.2) is 0 Å². The van der Waals surface area contributed by atoms with Crippen molar-refractivity contribution in [3.8, 4) is 5.75 Å². The van der Waals surface area contributed by atoms with E-state index < -0.39 is 17.3 Å². The number of aliphatic carboxylic acids is 1. The lowest BCUT2D eigenvalue weighted by atomic mass is 9.69. The molecule has 9 heteroatoms. The summed E-state index contributed by atoms with van der Waals surface area (Å²) >= 11 is 0. The van der Waals surface area contributed by atoms with Gasteiger partial charge in [-0.3, -0.25) is 14.5 Å². The molecule has 0 bridgehead atoms. The van der Waals surface area contributed by atoms with E-state index in [1.54, 1.807) is 24.6 Å². The highest BCUT2D eigenvalue weighted by molar-refractivity contribution is 5.81. The molecule has 5 rings (SSSR count). The maximum Gasteiger partial charge on any atom is 0.310 e. The van der Waals surface area contributed by atoms with Gasteiger partial charge in [0.1, 0.15) is 17.4 Å². The zero-order chi connectivity index (χ0) is 28.1. The van der Waals surface area contributed by atoms with Crippen molar-refractivity contribution in [2.75, 3.05) is 6.54 Å². The van der Waals surface area contributed by atoms with Crippen LogP contribution < -0.4 is 10.3 Å². The van der Waals surface area contributed by atoms with Crippen LogP contribution in [0.5, 0.6) is 5.75 Å². The Balaban J connectivity index is 1.56. The number of carbonyl (C=O) groups is 1. The van der Waals surface area contributed by atoms with Gasteiger partial charge >= 0.3 is 5.97 Å². The van der Waals surface area contributed by atoms with Gasteiger partial charge < -0.3 is 14.8 Å². The van der Waals surface area contributed by atoms with Crippen LogP contribution >= 0.6 is 0 Å². The summed E-state index contributed by atoms with van der Waals surface area (Å²) in [5.41, 5.74) is 6.21. The van der Waals surface area contributed by atoms with Crippen molar-refractivity contribution in [1.29, 1.82) is 0 Å². The van der Waals surface area contributed by atoms with Crippen LogP contribution in [-0.4, -0.2) is 48.6 Å². The molecule has 4 aromatic rings.